The minimum Gasteiger partial charge on any atom is -0.475 e. The van der Waals surface area contributed by atoms with E-state index < -0.39 is 28.7 Å². The highest BCUT2D eigenvalue weighted by molar-refractivity contribution is 6.02. The zero-order chi connectivity index (χ0) is 18.8. The van der Waals surface area contributed by atoms with Crippen molar-refractivity contribution in [3.8, 4) is 5.75 Å². The van der Waals surface area contributed by atoms with Gasteiger partial charge in [0, 0.05) is 6.07 Å². The molecule has 2 aliphatic rings. The number of hydrogen-bond acceptors (Lipinski definition) is 7. The summed E-state index contributed by atoms with van der Waals surface area (Å²) in [6, 6.07) is 2.57. The first-order valence-electron chi connectivity index (χ1n) is 8.68. The molecule has 1 aliphatic heterocycles. The van der Waals surface area contributed by atoms with E-state index >= 15 is 0 Å². The number of aromatic nitrogens is 1. The average molecular weight is 363 g/mol. The molecule has 0 spiro atoms. The van der Waals surface area contributed by atoms with E-state index in [4.69, 9.17) is 9.47 Å². The molecule has 140 valence electrons. The Labute approximate surface area is 150 Å². The number of nitrogens with zero attached hydrogens (tertiary/aromatic N) is 3. The Morgan fingerprint density at radius 3 is 2.69 bits per heavy atom. The Bertz CT molecular complexity index is 729. The molecule has 1 amide bonds. The molecule has 0 N–H and O–H groups in total. The van der Waals surface area contributed by atoms with Gasteiger partial charge in [0.1, 0.15) is 12.6 Å². The van der Waals surface area contributed by atoms with E-state index in [0.717, 1.165) is 30.6 Å². The van der Waals surface area contributed by atoms with Crippen LogP contribution < -0.4 is 9.64 Å². The van der Waals surface area contributed by atoms with Gasteiger partial charge in [-0.05, 0) is 54.5 Å². The van der Waals surface area contributed by atoms with E-state index in [-0.39, 0.29) is 24.2 Å². The molecule has 26 heavy (non-hydrogen) atoms. The molecule has 1 aromatic heterocycles. The Morgan fingerprint density at radius 2 is 2.04 bits per heavy atom. The second kappa shape index (κ2) is 7.27. The van der Waals surface area contributed by atoms with Crippen LogP contribution in [0.3, 0.4) is 0 Å². The number of ether oxygens (including phenoxy) is 2. The van der Waals surface area contributed by atoms with E-state index in [9.17, 15) is 19.7 Å². The van der Waals surface area contributed by atoms with Crippen LogP contribution in [0.15, 0.2) is 12.1 Å². The van der Waals surface area contributed by atoms with Crippen LogP contribution in [0.5, 0.6) is 5.75 Å². The first kappa shape index (κ1) is 18.1. The molecule has 9 nitrogen and oxygen atoms in total. The van der Waals surface area contributed by atoms with Gasteiger partial charge < -0.3 is 19.6 Å². The van der Waals surface area contributed by atoms with Gasteiger partial charge in [-0.25, -0.2) is 0 Å². The minimum absolute atomic E-state index is 0.0310. The highest BCUT2D eigenvalue weighted by Crippen LogP contribution is 2.34. The summed E-state index contributed by atoms with van der Waals surface area (Å²) >= 11 is 0. The molecule has 9 heteroatoms. The lowest BCUT2D eigenvalue weighted by atomic mass is 9.89. The molecule has 0 saturated heterocycles. The van der Waals surface area contributed by atoms with Crippen LogP contribution in [-0.2, 0) is 14.3 Å². The third kappa shape index (κ3) is 3.76. The molecule has 1 aliphatic carbocycles. The standard InChI is InChI=1S/C17H21N3O6/c1-10-3-5-12(6-4-10)26-15(21)9-19-16-13(25-11(2)17(19)22)7-8-14(18-16)20(23)24/h7-8,10-12H,3-6,9H2,1-2H3. The van der Waals surface area contributed by atoms with Gasteiger partial charge in [-0.1, -0.05) is 6.92 Å². The number of nitro groups is 1. The van der Waals surface area contributed by atoms with E-state index in [2.05, 4.69) is 11.9 Å². The molecule has 0 bridgehead atoms. The molecule has 1 saturated carbocycles. The normalized spacial score (nSPS) is 25.2. The topological polar surface area (TPSA) is 112 Å². The first-order valence-corrected chi connectivity index (χ1v) is 8.68. The predicted octanol–water partition coefficient (Wildman–Crippen LogP) is 2.23. The maximum atomic E-state index is 12.4. The van der Waals surface area contributed by atoms with Gasteiger partial charge in [0.2, 0.25) is 0 Å². The van der Waals surface area contributed by atoms with Gasteiger partial charge >= 0.3 is 11.8 Å². The molecular weight excluding hydrogens is 342 g/mol. The van der Waals surface area contributed by atoms with Crippen LogP contribution in [0.2, 0.25) is 0 Å². The largest absolute Gasteiger partial charge is 0.475 e. The quantitative estimate of drug-likeness (QED) is 0.458. The lowest BCUT2D eigenvalue weighted by molar-refractivity contribution is -0.389. The van der Waals surface area contributed by atoms with Crippen molar-refractivity contribution in [2.24, 2.45) is 5.92 Å². The summed E-state index contributed by atoms with van der Waals surface area (Å²) in [4.78, 5) is 40.0. The number of carbonyl (C=O) groups is 2. The first-order chi connectivity index (χ1) is 12.3. The second-order valence-electron chi connectivity index (χ2n) is 6.80. The molecule has 3 rings (SSSR count). The fraction of sp³-hybridized carbons (Fsp3) is 0.588. The van der Waals surface area contributed by atoms with Crippen molar-refractivity contribution >= 4 is 23.5 Å². The third-order valence-corrected chi connectivity index (χ3v) is 4.73. The number of hydrogen-bond donors (Lipinski definition) is 0. The van der Waals surface area contributed by atoms with E-state index in [1.807, 2.05) is 0 Å². The summed E-state index contributed by atoms with van der Waals surface area (Å²) in [5.74, 6) is -0.637. The van der Waals surface area contributed by atoms with Gasteiger partial charge in [-0.15, -0.1) is 0 Å². The number of carbonyl (C=O) groups excluding carboxylic acids is 2. The monoisotopic (exact) mass is 363 g/mol. The van der Waals surface area contributed by atoms with Crippen molar-refractivity contribution in [3.05, 3.63) is 22.2 Å². The summed E-state index contributed by atoms with van der Waals surface area (Å²) in [6.45, 7) is 3.37. The lowest BCUT2D eigenvalue weighted by Crippen LogP contribution is -2.48. The zero-order valence-electron chi connectivity index (χ0n) is 14.7. The predicted molar refractivity (Wildman–Crippen MR) is 90.8 cm³/mol. The highest BCUT2D eigenvalue weighted by atomic mass is 16.6. The van der Waals surface area contributed by atoms with Gasteiger partial charge in [0.05, 0.1) is 0 Å². The maximum Gasteiger partial charge on any atom is 0.366 e. The van der Waals surface area contributed by atoms with Crippen LogP contribution >= 0.6 is 0 Å². The van der Waals surface area contributed by atoms with Crippen molar-refractivity contribution < 1.29 is 24.0 Å². The molecule has 1 atom stereocenters. The molecule has 0 radical (unpaired) electrons. The van der Waals surface area contributed by atoms with Gasteiger partial charge in [-0.3, -0.25) is 14.5 Å². The van der Waals surface area contributed by atoms with Crippen LogP contribution in [0.25, 0.3) is 0 Å². The number of pyridine rings is 1. The number of esters is 1. The Balaban J connectivity index is 1.76. The van der Waals surface area contributed by atoms with Crippen molar-refractivity contribution in [1.29, 1.82) is 0 Å². The van der Waals surface area contributed by atoms with Crippen molar-refractivity contribution in [2.45, 2.75) is 51.7 Å². The smallest absolute Gasteiger partial charge is 0.366 e. The molecule has 1 aromatic rings. The summed E-state index contributed by atoms with van der Waals surface area (Å²) in [7, 11) is 0. The third-order valence-electron chi connectivity index (χ3n) is 4.73. The van der Waals surface area contributed by atoms with Crippen LogP contribution in [0.1, 0.15) is 39.5 Å². The Hall–Kier alpha value is -2.71. The van der Waals surface area contributed by atoms with Crippen LogP contribution in [0, 0.1) is 16.0 Å². The number of amides is 1. The van der Waals surface area contributed by atoms with Crippen molar-refractivity contribution in [3.63, 3.8) is 0 Å². The molecule has 2 heterocycles. The zero-order valence-corrected chi connectivity index (χ0v) is 14.7. The molecule has 0 aromatic carbocycles. The van der Waals surface area contributed by atoms with Crippen molar-refractivity contribution in [1.82, 2.24) is 4.98 Å². The Kier molecular flexibility index (Phi) is 5.06. The Morgan fingerprint density at radius 1 is 1.35 bits per heavy atom. The number of fused-ring (bicyclic) bond motifs is 1. The molecular formula is C17H21N3O6. The number of rotatable bonds is 4. The summed E-state index contributed by atoms with van der Waals surface area (Å²) in [5.41, 5.74) is 0. The fourth-order valence-corrected chi connectivity index (χ4v) is 3.23. The lowest BCUT2D eigenvalue weighted by Gasteiger charge is -2.30. The van der Waals surface area contributed by atoms with E-state index in [1.54, 1.807) is 6.92 Å². The van der Waals surface area contributed by atoms with Crippen LogP contribution in [0.4, 0.5) is 11.6 Å². The molecule has 1 fully saturated rings. The summed E-state index contributed by atoms with van der Waals surface area (Å²) < 4.78 is 10.9. The fourth-order valence-electron chi connectivity index (χ4n) is 3.23. The van der Waals surface area contributed by atoms with Crippen molar-refractivity contribution in [2.75, 3.05) is 11.4 Å². The SMILES string of the molecule is CC1CCC(OC(=O)CN2C(=O)C(C)Oc3ccc([N+](=O)[O-])nc32)CC1. The summed E-state index contributed by atoms with van der Waals surface area (Å²) in [5, 5.41) is 11.0. The van der Waals surface area contributed by atoms with Gasteiger partial charge in [0.15, 0.2) is 11.9 Å². The highest BCUT2D eigenvalue weighted by Gasteiger charge is 2.38. The second-order valence-corrected chi connectivity index (χ2v) is 6.80. The van der Waals surface area contributed by atoms with E-state index in [1.165, 1.54) is 12.1 Å². The van der Waals surface area contributed by atoms with Gasteiger partial charge in [0.25, 0.3) is 11.7 Å². The maximum absolute atomic E-state index is 12.4. The average Bonchev–Trinajstić information content (AvgIpc) is 2.60. The molecule has 1 unspecified atom stereocenters. The van der Waals surface area contributed by atoms with E-state index in [0.29, 0.717) is 5.92 Å². The summed E-state index contributed by atoms with van der Waals surface area (Å²) in [6.07, 6.45) is 2.66. The minimum atomic E-state index is -0.811. The van der Waals surface area contributed by atoms with Crippen LogP contribution in [-0.4, -0.2) is 40.5 Å². The van der Waals surface area contributed by atoms with Gasteiger partial charge in [-0.2, -0.15) is 0 Å². The number of anilines is 1.